The van der Waals surface area contributed by atoms with Crippen LogP contribution in [0.4, 0.5) is 0 Å². The first kappa shape index (κ1) is 22.4. The summed E-state index contributed by atoms with van der Waals surface area (Å²) >= 11 is 0. The third kappa shape index (κ3) is 4.05. The highest BCUT2D eigenvalue weighted by atomic mass is 16.3. The highest BCUT2D eigenvalue weighted by molar-refractivity contribution is 6.23. The van der Waals surface area contributed by atoms with E-state index in [2.05, 4.69) is 50.2 Å². The first-order valence-corrected chi connectivity index (χ1v) is 17.5. The van der Waals surface area contributed by atoms with E-state index < -0.39 is 29.6 Å². The minimum absolute atomic E-state index is 0.194. The summed E-state index contributed by atoms with van der Waals surface area (Å²) in [5, 5.41) is 4.93. The second-order valence-electron chi connectivity index (χ2n) is 14.2. The molecule has 1 heteroatoms. The molecule has 0 aliphatic heterocycles. The van der Waals surface area contributed by atoms with Gasteiger partial charge < -0.3 is 4.42 Å². The number of benzene rings is 9. The van der Waals surface area contributed by atoms with Gasteiger partial charge in [-0.1, -0.05) is 165 Å². The Morgan fingerprint density at radius 1 is 0.442 bits per heavy atom. The van der Waals surface area contributed by atoms with E-state index in [1.54, 1.807) is 0 Å². The topological polar surface area (TPSA) is 13.1 Å². The molecule has 1 aliphatic carbocycles. The molecule has 1 heterocycles. The molecule has 1 aliphatic rings. The fourth-order valence-electron chi connectivity index (χ4n) is 8.71. The summed E-state index contributed by atoms with van der Waals surface area (Å²) in [4.78, 5) is 0. The Morgan fingerprint density at radius 3 is 1.73 bits per heavy atom. The summed E-state index contributed by atoms with van der Waals surface area (Å²) in [6.07, 6.45) is 0. The van der Waals surface area contributed by atoms with Gasteiger partial charge in [0.1, 0.15) is 11.2 Å². The van der Waals surface area contributed by atoms with Crippen molar-refractivity contribution in [3.8, 4) is 44.5 Å². The van der Waals surface area contributed by atoms with Crippen molar-refractivity contribution in [3.63, 3.8) is 0 Å². The summed E-state index contributed by atoms with van der Waals surface area (Å²) in [5.41, 5.74) is 8.83. The van der Waals surface area contributed by atoms with Gasteiger partial charge in [-0.2, -0.15) is 0 Å². The van der Waals surface area contributed by atoms with E-state index in [1.807, 2.05) is 84.9 Å². The molecule has 0 N–H and O–H groups in total. The maximum absolute atomic E-state index is 9.52. The molecule has 244 valence electrons. The van der Waals surface area contributed by atoms with Gasteiger partial charge in [0.25, 0.3) is 0 Å². The van der Waals surface area contributed by atoms with Crippen LogP contribution in [0.5, 0.6) is 0 Å². The Balaban J connectivity index is 1.24. The molecular formula is C51H34O. The van der Waals surface area contributed by atoms with Crippen LogP contribution in [0, 0.1) is 0 Å². The van der Waals surface area contributed by atoms with Crippen LogP contribution in [0.15, 0.2) is 174 Å². The van der Waals surface area contributed by atoms with E-state index in [1.165, 1.54) is 0 Å². The highest BCUT2D eigenvalue weighted by Crippen LogP contribution is 2.54. The molecule has 0 saturated carbocycles. The van der Waals surface area contributed by atoms with Crippen LogP contribution in [0.3, 0.4) is 0 Å². The Morgan fingerprint density at radius 2 is 1.00 bits per heavy atom. The van der Waals surface area contributed by atoms with Gasteiger partial charge in [-0.25, -0.2) is 0 Å². The molecule has 10 aromatic rings. The maximum Gasteiger partial charge on any atom is 0.136 e. The first-order valence-electron chi connectivity index (χ1n) is 21.5. The molecule has 0 atom stereocenters. The predicted octanol–water partition coefficient (Wildman–Crippen LogP) is 14.4. The molecule has 0 unspecified atom stereocenters. The minimum Gasteiger partial charge on any atom is -0.456 e. The van der Waals surface area contributed by atoms with E-state index in [0.717, 1.165) is 66.1 Å². The molecule has 0 fully saturated rings. The van der Waals surface area contributed by atoms with E-state index in [0.29, 0.717) is 22.3 Å². The van der Waals surface area contributed by atoms with E-state index >= 15 is 0 Å². The van der Waals surface area contributed by atoms with Crippen molar-refractivity contribution >= 4 is 54.3 Å². The zero-order valence-electron chi connectivity index (χ0n) is 36.5. The summed E-state index contributed by atoms with van der Waals surface area (Å²) < 4.78 is 80.1. The van der Waals surface area contributed by atoms with Crippen LogP contribution in [0.2, 0.25) is 0 Å². The lowest BCUT2D eigenvalue weighted by Crippen LogP contribution is -2.14. The lowest BCUT2D eigenvalue weighted by molar-refractivity contribution is 0.660. The van der Waals surface area contributed by atoms with Crippen LogP contribution >= 0.6 is 0 Å². The van der Waals surface area contributed by atoms with Gasteiger partial charge in [0.05, 0.1) is 11.0 Å². The van der Waals surface area contributed by atoms with Gasteiger partial charge in [-0.05, 0) is 106 Å². The average molecular weight is 671 g/mol. The van der Waals surface area contributed by atoms with Crippen LogP contribution in [-0.2, 0) is 5.41 Å². The molecule has 1 nitrogen and oxygen atoms in total. The van der Waals surface area contributed by atoms with Crippen molar-refractivity contribution < 1.29 is 15.4 Å². The quantitative estimate of drug-likeness (QED) is 0.171. The third-order valence-corrected chi connectivity index (χ3v) is 11.1. The Labute approximate surface area is 313 Å². The molecule has 1 aromatic heterocycles. The Kier molecular flexibility index (Phi) is 4.64. The average Bonchev–Trinajstić information content (AvgIpc) is 3.75. The molecule has 0 spiro atoms. The van der Waals surface area contributed by atoms with E-state index in [-0.39, 0.29) is 45.7 Å². The zero-order valence-corrected chi connectivity index (χ0v) is 28.5. The molecule has 0 saturated heterocycles. The minimum atomic E-state index is -0.424. The van der Waals surface area contributed by atoms with Crippen LogP contribution in [0.1, 0.15) is 35.9 Å². The normalized spacial score (nSPS) is 15.5. The van der Waals surface area contributed by atoms with Gasteiger partial charge in [0, 0.05) is 16.2 Å². The monoisotopic (exact) mass is 670 g/mol. The molecule has 0 radical (unpaired) electrons. The van der Waals surface area contributed by atoms with E-state index in [9.17, 15) is 5.48 Å². The van der Waals surface area contributed by atoms with Crippen molar-refractivity contribution in [2.45, 2.75) is 19.3 Å². The summed E-state index contributed by atoms with van der Waals surface area (Å²) in [6, 6.07) is 37.2. The molecule has 52 heavy (non-hydrogen) atoms. The van der Waals surface area contributed by atoms with Gasteiger partial charge in [0.2, 0.25) is 0 Å². The summed E-state index contributed by atoms with van der Waals surface area (Å²) in [5.74, 6) is 0. The van der Waals surface area contributed by atoms with Crippen molar-refractivity contribution in [2.75, 3.05) is 0 Å². The maximum atomic E-state index is 9.52. The smallest absolute Gasteiger partial charge is 0.136 e. The lowest BCUT2D eigenvalue weighted by Gasteiger charge is -2.22. The number of rotatable bonds is 3. The summed E-state index contributed by atoms with van der Waals surface area (Å²) in [6.45, 7) is 4.31. The largest absolute Gasteiger partial charge is 0.456 e. The Bertz CT molecular complexity index is 3470. The molecule has 11 rings (SSSR count). The highest BCUT2D eigenvalue weighted by Gasteiger charge is 2.37. The molecule has 0 amide bonds. The van der Waals surface area contributed by atoms with E-state index in [4.69, 9.17) is 9.90 Å². The third-order valence-electron chi connectivity index (χ3n) is 11.1. The zero-order chi connectivity index (χ0) is 41.5. The van der Waals surface area contributed by atoms with Gasteiger partial charge in [-0.15, -0.1) is 0 Å². The number of hydrogen-bond donors (Lipinski definition) is 0. The van der Waals surface area contributed by atoms with Crippen LogP contribution in [-0.4, -0.2) is 0 Å². The second-order valence-corrected chi connectivity index (χ2v) is 14.2. The van der Waals surface area contributed by atoms with Crippen LogP contribution < -0.4 is 0 Å². The lowest BCUT2D eigenvalue weighted by atomic mass is 9.80. The summed E-state index contributed by atoms with van der Waals surface area (Å²) in [7, 11) is 0. The Hall–Kier alpha value is -6.44. The number of fused-ring (bicyclic) bond motifs is 9. The van der Waals surface area contributed by atoms with Crippen molar-refractivity contribution in [2.24, 2.45) is 0 Å². The fraction of sp³-hybridized carbons (Fsp3) is 0.0588. The van der Waals surface area contributed by atoms with Crippen LogP contribution in [0.25, 0.3) is 98.8 Å². The molecule has 0 bridgehead atoms. The number of furan rings is 1. The first-order chi connectivity index (χ1) is 28.9. The predicted molar refractivity (Wildman–Crippen MR) is 220 cm³/mol. The van der Waals surface area contributed by atoms with Gasteiger partial charge >= 0.3 is 0 Å². The fourth-order valence-corrected chi connectivity index (χ4v) is 8.71. The molecular weight excluding hydrogens is 629 g/mol. The van der Waals surface area contributed by atoms with Gasteiger partial charge in [-0.3, -0.25) is 0 Å². The SMILES string of the molecule is [2H]c1c([2H])c([2H])c2c(-c3cccc4c3-c3ccccc3C4(C)C)c3c([2H])c([2H])c([2H])c([2H])c3c(-c3ccc(-c4cccc5oc6cc7ccccc7cc6c45)cc3)c2c1[2H]. The van der Waals surface area contributed by atoms with Crippen molar-refractivity contribution in [1.82, 2.24) is 0 Å². The standard InChI is InChI=1S/C51H34O/c1-51(2)43-22-10-9-19-40(43)49-41(21-11-23-44(49)51)48-38-17-7-5-15-36(38)47(37-16-6-8-18-39(37)48)32-27-25-31(26-28-32)35-20-12-24-45-50(35)42-29-33-13-3-4-14-34(33)30-46(42)52-45/h3-30H,1-2H3/i5D,6D,7D,8D,15D,16D,17D,18D. The molecule has 9 aromatic carbocycles. The van der Waals surface area contributed by atoms with Crippen molar-refractivity contribution in [1.29, 1.82) is 0 Å². The second kappa shape index (κ2) is 10.8. The van der Waals surface area contributed by atoms with Gasteiger partial charge in [0.15, 0.2) is 0 Å². The van der Waals surface area contributed by atoms with Crippen molar-refractivity contribution in [3.05, 3.63) is 181 Å². The number of hydrogen-bond acceptors (Lipinski definition) is 1.